The summed E-state index contributed by atoms with van der Waals surface area (Å²) in [7, 11) is 8.50. The minimum Gasteiger partial charge on any atom is -0.545 e. The van der Waals surface area contributed by atoms with Gasteiger partial charge in [0.1, 0.15) is 5.75 Å². The minimum atomic E-state index is -1.47. The molecule has 0 unspecified atom stereocenters. The van der Waals surface area contributed by atoms with Crippen LogP contribution in [-0.2, 0) is 0 Å². The molecule has 1 aromatic carbocycles. The molecule has 0 saturated heterocycles. The van der Waals surface area contributed by atoms with Crippen molar-refractivity contribution in [1.82, 2.24) is 0 Å². The Bertz CT molecular complexity index is 585. The standard InChI is InChI=1S/C19H28O4.C4H12N/c1-2-3-4-5-6-7-8-9-10-11-17(20)15-12-13-18(21)16(14-15)19(22)23;1-5(2,3)4/h12-14,21H,2-11H2,1H3,(H,22,23);1-4H3/q;+1/p-1. The van der Waals surface area contributed by atoms with Gasteiger partial charge in [-0.05, 0) is 24.6 Å². The molecule has 5 nitrogen and oxygen atoms in total. The number of hydrogen-bond acceptors (Lipinski definition) is 4. The van der Waals surface area contributed by atoms with Crippen molar-refractivity contribution in [3.05, 3.63) is 29.3 Å². The number of Topliss-reactive ketones (excluding diaryl/α,β-unsaturated/α-hetero) is 1. The van der Waals surface area contributed by atoms with E-state index in [0.717, 1.165) is 23.7 Å². The Balaban J connectivity index is 0.00000129. The first-order valence-electron chi connectivity index (χ1n) is 10.4. The molecule has 0 radical (unpaired) electrons. The number of carbonyl (C=O) groups excluding carboxylic acids is 2. The number of aromatic carboxylic acids is 1. The molecule has 0 saturated carbocycles. The summed E-state index contributed by atoms with van der Waals surface area (Å²) in [5, 5.41) is 20.2. The smallest absolute Gasteiger partial charge is 0.162 e. The summed E-state index contributed by atoms with van der Waals surface area (Å²) >= 11 is 0. The highest BCUT2D eigenvalue weighted by atomic mass is 16.4. The third-order valence-corrected chi connectivity index (χ3v) is 4.05. The molecule has 0 spiro atoms. The summed E-state index contributed by atoms with van der Waals surface area (Å²) in [6, 6.07) is 3.88. The van der Waals surface area contributed by atoms with Crippen molar-refractivity contribution in [2.75, 3.05) is 28.2 Å². The van der Waals surface area contributed by atoms with Crippen LogP contribution in [0.3, 0.4) is 0 Å². The van der Waals surface area contributed by atoms with Crippen molar-refractivity contribution < 1.29 is 24.3 Å². The minimum absolute atomic E-state index is 0.0876. The van der Waals surface area contributed by atoms with Gasteiger partial charge in [0.15, 0.2) is 5.78 Å². The summed E-state index contributed by atoms with van der Waals surface area (Å²) in [5.41, 5.74) is -0.00973. The number of unbranched alkanes of at least 4 members (excludes halogenated alkanes) is 8. The van der Waals surface area contributed by atoms with Crippen LogP contribution in [-0.4, -0.2) is 49.5 Å². The van der Waals surface area contributed by atoms with E-state index in [1.807, 2.05) is 0 Å². The van der Waals surface area contributed by atoms with Crippen LogP contribution in [0, 0.1) is 0 Å². The second kappa shape index (κ2) is 14.2. The summed E-state index contributed by atoms with van der Waals surface area (Å²) in [4.78, 5) is 22.9. The summed E-state index contributed by atoms with van der Waals surface area (Å²) in [6.07, 6.45) is 11.1. The van der Waals surface area contributed by atoms with Crippen LogP contribution in [0.1, 0.15) is 91.8 Å². The van der Waals surface area contributed by atoms with E-state index in [9.17, 15) is 19.8 Å². The maximum atomic E-state index is 12.0. The van der Waals surface area contributed by atoms with E-state index < -0.39 is 5.97 Å². The van der Waals surface area contributed by atoms with Gasteiger partial charge in [0.05, 0.1) is 34.2 Å². The lowest BCUT2D eigenvalue weighted by Gasteiger charge is -2.14. The van der Waals surface area contributed by atoms with Gasteiger partial charge in [-0.3, -0.25) is 4.79 Å². The van der Waals surface area contributed by atoms with Gasteiger partial charge in [-0.1, -0.05) is 58.3 Å². The van der Waals surface area contributed by atoms with Gasteiger partial charge in [-0.25, -0.2) is 0 Å². The van der Waals surface area contributed by atoms with Crippen LogP contribution in [0.25, 0.3) is 0 Å². The van der Waals surface area contributed by atoms with Crippen LogP contribution in [0.2, 0.25) is 0 Å². The van der Waals surface area contributed by atoms with Crippen molar-refractivity contribution in [3.8, 4) is 5.75 Å². The molecule has 0 aliphatic carbocycles. The molecule has 5 heteroatoms. The van der Waals surface area contributed by atoms with Crippen LogP contribution < -0.4 is 5.11 Å². The maximum Gasteiger partial charge on any atom is 0.162 e. The Labute approximate surface area is 171 Å². The van der Waals surface area contributed by atoms with Gasteiger partial charge in [0.2, 0.25) is 0 Å². The number of nitrogens with zero attached hydrogens (tertiary/aromatic N) is 1. The number of benzene rings is 1. The van der Waals surface area contributed by atoms with E-state index in [1.54, 1.807) is 0 Å². The van der Waals surface area contributed by atoms with Gasteiger partial charge >= 0.3 is 0 Å². The van der Waals surface area contributed by atoms with E-state index >= 15 is 0 Å². The summed E-state index contributed by atoms with van der Waals surface area (Å²) in [6.45, 7) is 2.21. The molecule has 28 heavy (non-hydrogen) atoms. The predicted molar refractivity (Wildman–Crippen MR) is 113 cm³/mol. The summed E-state index contributed by atoms with van der Waals surface area (Å²) < 4.78 is 1.00. The number of carbonyl (C=O) groups is 2. The maximum absolute atomic E-state index is 12.0. The van der Waals surface area contributed by atoms with Crippen LogP contribution in [0.5, 0.6) is 5.75 Å². The number of aromatic hydroxyl groups is 1. The monoisotopic (exact) mass is 393 g/mol. The van der Waals surface area contributed by atoms with E-state index in [1.165, 1.54) is 56.7 Å². The molecule has 0 aliphatic rings. The number of rotatable bonds is 12. The molecule has 1 aromatic rings. The number of carboxylic acids is 1. The molecule has 0 fully saturated rings. The van der Waals surface area contributed by atoms with Crippen LogP contribution >= 0.6 is 0 Å². The van der Waals surface area contributed by atoms with Gasteiger partial charge in [0, 0.05) is 17.5 Å². The lowest BCUT2D eigenvalue weighted by Crippen LogP contribution is -2.27. The molecule has 1 N–H and O–H groups in total. The zero-order valence-corrected chi connectivity index (χ0v) is 18.4. The highest BCUT2D eigenvalue weighted by molar-refractivity contribution is 5.99. The van der Waals surface area contributed by atoms with Gasteiger partial charge in [-0.15, -0.1) is 0 Å². The molecule has 160 valence electrons. The normalized spacial score (nSPS) is 10.9. The van der Waals surface area contributed by atoms with Crippen molar-refractivity contribution in [2.45, 2.75) is 71.1 Å². The van der Waals surface area contributed by atoms with E-state index in [4.69, 9.17) is 0 Å². The molecule has 0 aromatic heterocycles. The molecule has 1 rings (SSSR count). The molecular weight excluding hydrogens is 354 g/mol. The first kappa shape index (κ1) is 26.1. The Morgan fingerprint density at radius 2 is 1.36 bits per heavy atom. The third kappa shape index (κ3) is 14.2. The quantitative estimate of drug-likeness (QED) is 0.328. The fourth-order valence-corrected chi connectivity index (χ4v) is 2.61. The fraction of sp³-hybridized carbons (Fsp3) is 0.652. The van der Waals surface area contributed by atoms with Gasteiger partial charge in [0.25, 0.3) is 0 Å². The first-order chi connectivity index (χ1) is 13.1. The number of hydrogen-bond donors (Lipinski definition) is 1. The largest absolute Gasteiger partial charge is 0.545 e. The lowest BCUT2D eigenvalue weighted by molar-refractivity contribution is -0.849. The highest BCUT2D eigenvalue weighted by Crippen LogP contribution is 2.19. The lowest BCUT2D eigenvalue weighted by atomic mass is 10.0. The van der Waals surface area contributed by atoms with Crippen molar-refractivity contribution >= 4 is 11.8 Å². The Hall–Kier alpha value is -1.88. The van der Waals surface area contributed by atoms with Gasteiger partial charge in [-0.2, -0.15) is 0 Å². The number of ketones is 1. The van der Waals surface area contributed by atoms with Crippen LogP contribution in [0.15, 0.2) is 18.2 Å². The number of quaternary nitrogens is 1. The van der Waals surface area contributed by atoms with Crippen molar-refractivity contribution in [2.24, 2.45) is 0 Å². The number of phenols is 1. The topological polar surface area (TPSA) is 77.4 Å². The molecule has 0 aliphatic heterocycles. The SMILES string of the molecule is CCCCCCCCCCCC(=O)c1ccc(O)c(C(=O)[O-])c1.C[N+](C)(C)C. The van der Waals surface area contributed by atoms with E-state index in [2.05, 4.69) is 35.1 Å². The van der Waals surface area contributed by atoms with E-state index in [0.29, 0.717) is 12.0 Å². The van der Waals surface area contributed by atoms with Crippen molar-refractivity contribution in [3.63, 3.8) is 0 Å². The first-order valence-corrected chi connectivity index (χ1v) is 10.4. The highest BCUT2D eigenvalue weighted by Gasteiger charge is 2.10. The van der Waals surface area contributed by atoms with E-state index in [-0.39, 0.29) is 17.1 Å². The molecular formula is C23H39NO4. The Morgan fingerprint density at radius 3 is 1.82 bits per heavy atom. The fourth-order valence-electron chi connectivity index (χ4n) is 2.61. The van der Waals surface area contributed by atoms with Gasteiger partial charge < -0.3 is 19.5 Å². The molecule has 0 heterocycles. The van der Waals surface area contributed by atoms with Crippen LogP contribution in [0.4, 0.5) is 0 Å². The number of carboxylic acid groups (broad SMARTS) is 1. The molecule has 0 bridgehead atoms. The third-order valence-electron chi connectivity index (χ3n) is 4.05. The molecule has 0 amide bonds. The second-order valence-corrected chi connectivity index (χ2v) is 8.70. The Morgan fingerprint density at radius 1 is 0.893 bits per heavy atom. The van der Waals surface area contributed by atoms with Crippen molar-refractivity contribution in [1.29, 1.82) is 0 Å². The Kier molecular flexibility index (Phi) is 13.2. The second-order valence-electron chi connectivity index (χ2n) is 8.70. The summed E-state index contributed by atoms with van der Waals surface area (Å²) in [5.74, 6) is -1.93. The average Bonchev–Trinajstić information content (AvgIpc) is 2.58. The predicted octanol–water partition coefficient (Wildman–Crippen LogP) is 4.18. The zero-order valence-electron chi connectivity index (χ0n) is 18.4. The zero-order chi connectivity index (χ0) is 21.6. The molecule has 0 atom stereocenters. The average molecular weight is 394 g/mol.